The van der Waals surface area contributed by atoms with Crippen molar-refractivity contribution in [2.45, 2.75) is 249 Å². The predicted octanol–water partition coefficient (Wildman–Crippen LogP) is 15.2. The Hall–Kier alpha value is -4.99. The number of nitrogens with zero attached hydrogens (tertiary/aromatic N) is 4. The number of pyridine rings is 2. The first-order valence-corrected chi connectivity index (χ1v) is 29.0. The fourth-order valence-electron chi connectivity index (χ4n) is 9.93. The molecule has 0 bridgehead atoms. The standard InChI is InChI=1S/2C36H52N2O2.Ti/c2*1-33(2,3)26-17-24(31(39)29(19-26)35(7,8)9)21-38(23-28-15-13-14-16-37-28)22-25-18-27(34(4,5)6)20-30(32(25)40)36(10,11)12;/h2*13-20,39-40H,21-23H2,1-12H3;/q;;+4/p-4. The molecule has 0 spiro atoms. The fourth-order valence-corrected chi connectivity index (χ4v) is 9.93. The molecule has 0 N–H and O–H groups in total. The number of hydrogen-bond donors (Lipinski definition) is 0. The minimum Gasteiger partial charge on any atom is -0.872 e. The zero-order valence-electron chi connectivity index (χ0n) is 54.4. The van der Waals surface area contributed by atoms with Crippen molar-refractivity contribution in [2.75, 3.05) is 0 Å². The summed E-state index contributed by atoms with van der Waals surface area (Å²) in [5, 5.41) is 55.5. The Morgan fingerprint density at radius 1 is 0.296 bits per heavy atom. The van der Waals surface area contributed by atoms with Gasteiger partial charge >= 0.3 is 21.7 Å². The zero-order chi connectivity index (χ0) is 60.5. The molecule has 9 heteroatoms. The molecule has 81 heavy (non-hydrogen) atoms. The molecule has 0 radical (unpaired) electrons. The molecular formula is C72H100N4O4Ti. The largest absolute Gasteiger partial charge is 4.00 e. The number of aromatic nitrogens is 2. The quantitative estimate of drug-likeness (QED) is 0.111. The molecule has 436 valence electrons. The first kappa shape index (κ1) is 68.5. The summed E-state index contributed by atoms with van der Waals surface area (Å²) in [7, 11) is 0. The monoisotopic (exact) mass is 1130 g/mol. The summed E-state index contributed by atoms with van der Waals surface area (Å²) in [5.41, 5.74) is 11.4. The molecule has 6 aromatic rings. The SMILES string of the molecule is CC(C)(C)c1cc(CN(Cc2ccccn2)Cc2cc(C(C)(C)C)cc(C(C)(C)C)c2[O-])c([O-])c(C(C)(C)C)c1.CC(C)(C)c1cc(CN(Cc2ccccn2)Cc2cc(C(C)(C)C)cc(C(C)(C)C)c2[O-])c([O-])c(C(C)(C)C)c1.[Ti+4]. The number of benzene rings is 4. The van der Waals surface area contributed by atoms with Gasteiger partial charge in [0.1, 0.15) is 0 Å². The average Bonchev–Trinajstić information content (AvgIpc) is 3.29. The number of rotatable bonds is 12. The van der Waals surface area contributed by atoms with Crippen LogP contribution in [0.15, 0.2) is 97.3 Å². The summed E-state index contributed by atoms with van der Waals surface area (Å²) in [6, 6.07) is 28.4. The van der Waals surface area contributed by atoms with E-state index in [1.807, 2.05) is 36.4 Å². The third-order valence-corrected chi connectivity index (χ3v) is 15.2. The minimum absolute atomic E-state index is 0. The summed E-state index contributed by atoms with van der Waals surface area (Å²) in [6.45, 7) is 54.2. The van der Waals surface area contributed by atoms with E-state index in [9.17, 15) is 20.4 Å². The van der Waals surface area contributed by atoms with Crippen molar-refractivity contribution in [3.05, 3.63) is 175 Å². The van der Waals surface area contributed by atoms with E-state index < -0.39 is 0 Å². The van der Waals surface area contributed by atoms with Crippen LogP contribution in [0.3, 0.4) is 0 Å². The van der Waals surface area contributed by atoms with Crippen LogP contribution in [0.1, 0.15) is 244 Å². The molecule has 0 amide bonds. The summed E-state index contributed by atoms with van der Waals surface area (Å²) < 4.78 is 0. The van der Waals surface area contributed by atoms with Crippen molar-refractivity contribution < 1.29 is 42.1 Å². The summed E-state index contributed by atoms with van der Waals surface area (Å²) in [4.78, 5) is 13.6. The Morgan fingerprint density at radius 3 is 0.667 bits per heavy atom. The number of hydrogen-bond acceptors (Lipinski definition) is 8. The van der Waals surface area contributed by atoms with Crippen LogP contribution in [0, 0.1) is 0 Å². The zero-order valence-corrected chi connectivity index (χ0v) is 56.0. The Balaban J connectivity index is 0.000000344. The molecule has 0 unspecified atom stereocenters. The molecular weight excluding hydrogens is 1030 g/mol. The molecule has 0 aliphatic rings. The van der Waals surface area contributed by atoms with Crippen molar-refractivity contribution in [2.24, 2.45) is 0 Å². The van der Waals surface area contributed by atoms with Crippen LogP contribution in [-0.2, 0) is 104 Å². The van der Waals surface area contributed by atoms with Crippen LogP contribution in [0.25, 0.3) is 0 Å². The molecule has 0 atom stereocenters. The van der Waals surface area contributed by atoms with Gasteiger partial charge in [-0.3, -0.25) is 19.8 Å². The first-order chi connectivity index (χ1) is 36.3. The van der Waals surface area contributed by atoms with Crippen LogP contribution >= 0.6 is 0 Å². The van der Waals surface area contributed by atoms with Gasteiger partial charge in [-0.1, -0.05) is 227 Å². The third kappa shape index (κ3) is 18.5. The molecule has 8 nitrogen and oxygen atoms in total. The molecule has 0 saturated heterocycles. The predicted molar refractivity (Wildman–Crippen MR) is 328 cm³/mol. The molecule has 0 saturated carbocycles. The fraction of sp³-hybridized carbons (Fsp3) is 0.528. The maximum absolute atomic E-state index is 13.9. The van der Waals surface area contributed by atoms with E-state index in [0.717, 1.165) is 78.1 Å². The molecule has 0 aliphatic heterocycles. The molecule has 6 rings (SSSR count). The second kappa shape index (κ2) is 25.5. The Bertz CT molecular complexity index is 2680. The van der Waals surface area contributed by atoms with E-state index >= 15 is 0 Å². The van der Waals surface area contributed by atoms with Crippen molar-refractivity contribution in [3.63, 3.8) is 0 Å². The molecule has 0 aliphatic carbocycles. The summed E-state index contributed by atoms with van der Waals surface area (Å²) in [6.07, 6.45) is 3.59. The van der Waals surface area contributed by atoms with Gasteiger partial charge in [-0.05, 0) is 134 Å². The maximum atomic E-state index is 13.9. The van der Waals surface area contributed by atoms with Gasteiger partial charge in [0.15, 0.2) is 0 Å². The van der Waals surface area contributed by atoms with E-state index in [2.05, 4.69) is 234 Å². The van der Waals surface area contributed by atoms with Crippen LogP contribution < -0.4 is 20.4 Å². The van der Waals surface area contributed by atoms with Gasteiger partial charge in [-0.25, -0.2) is 0 Å². The summed E-state index contributed by atoms with van der Waals surface area (Å²) >= 11 is 0. The second-order valence-electron chi connectivity index (χ2n) is 31.0. The van der Waals surface area contributed by atoms with Crippen LogP contribution in [-0.4, -0.2) is 19.8 Å². The van der Waals surface area contributed by atoms with Crippen molar-refractivity contribution >= 4 is 0 Å². The van der Waals surface area contributed by atoms with E-state index in [4.69, 9.17) is 0 Å². The first-order valence-electron chi connectivity index (χ1n) is 29.0. The molecule has 4 aromatic carbocycles. The van der Waals surface area contributed by atoms with E-state index in [-0.39, 0.29) is 88.0 Å². The van der Waals surface area contributed by atoms with Crippen molar-refractivity contribution in [1.29, 1.82) is 0 Å². The van der Waals surface area contributed by atoms with Gasteiger partial charge in [0, 0.05) is 51.7 Å². The van der Waals surface area contributed by atoms with Crippen molar-refractivity contribution in [1.82, 2.24) is 19.8 Å². The van der Waals surface area contributed by atoms with Crippen LogP contribution in [0.5, 0.6) is 23.0 Å². The summed E-state index contributed by atoms with van der Waals surface area (Å²) in [5.74, 6) is 0.362. The van der Waals surface area contributed by atoms with Gasteiger partial charge in [-0.15, -0.1) is 23.0 Å². The Morgan fingerprint density at radius 2 is 0.506 bits per heavy atom. The topological polar surface area (TPSA) is 124 Å². The normalized spacial score (nSPS) is 13.1. The van der Waals surface area contributed by atoms with Gasteiger partial charge in [0.25, 0.3) is 0 Å². The van der Waals surface area contributed by atoms with Gasteiger partial charge in [-0.2, -0.15) is 0 Å². The van der Waals surface area contributed by atoms with Crippen LogP contribution in [0.2, 0.25) is 0 Å². The smallest absolute Gasteiger partial charge is 0.872 e. The Labute approximate surface area is 506 Å². The van der Waals surface area contributed by atoms with Gasteiger partial charge < -0.3 is 20.4 Å². The van der Waals surface area contributed by atoms with Gasteiger partial charge in [0.05, 0.1) is 11.4 Å². The average molecular weight is 1130 g/mol. The Kier molecular flexibility index (Phi) is 21.5. The van der Waals surface area contributed by atoms with E-state index in [1.165, 1.54) is 0 Å². The second-order valence-corrected chi connectivity index (χ2v) is 31.0. The molecule has 0 fully saturated rings. The van der Waals surface area contributed by atoms with Gasteiger partial charge in [0.2, 0.25) is 0 Å². The van der Waals surface area contributed by atoms with Crippen molar-refractivity contribution in [3.8, 4) is 23.0 Å². The van der Waals surface area contributed by atoms with Crippen LogP contribution in [0.4, 0.5) is 0 Å². The molecule has 2 heterocycles. The maximum Gasteiger partial charge on any atom is 4.00 e. The van der Waals surface area contributed by atoms with E-state index in [1.54, 1.807) is 12.4 Å². The van der Waals surface area contributed by atoms with E-state index in [0.29, 0.717) is 39.3 Å². The third-order valence-electron chi connectivity index (χ3n) is 15.2. The molecule has 2 aromatic heterocycles. The minimum atomic E-state index is -0.274.